The highest BCUT2D eigenvalue weighted by Crippen LogP contribution is 2.11. The molecule has 1 saturated heterocycles. The predicted octanol–water partition coefficient (Wildman–Crippen LogP) is 0.516. The number of nitrogens with one attached hydrogen (secondary N) is 1. The van der Waals surface area contributed by atoms with Crippen LogP contribution < -0.4 is 5.32 Å². The first-order chi connectivity index (χ1) is 6.14. The lowest BCUT2D eigenvalue weighted by molar-refractivity contribution is 0.575. The Balaban J connectivity index is 2.11. The Morgan fingerprint density at radius 3 is 2.85 bits per heavy atom. The molecule has 1 atom stereocenters. The van der Waals surface area contributed by atoms with Crippen molar-refractivity contribution in [2.75, 3.05) is 29.6 Å². The summed E-state index contributed by atoms with van der Waals surface area (Å²) in [6.07, 6.45) is 0.791. The van der Waals surface area contributed by atoms with Crippen LogP contribution in [-0.4, -0.2) is 44.0 Å². The average Bonchev–Trinajstić information content (AvgIpc) is 2.40. The summed E-state index contributed by atoms with van der Waals surface area (Å²) in [5.41, 5.74) is 0. The molecule has 5 heteroatoms. The Hall–Kier alpha value is 0.260. The predicted molar refractivity (Wildman–Crippen MR) is 58.1 cm³/mol. The summed E-state index contributed by atoms with van der Waals surface area (Å²) in [4.78, 5) is 0. The van der Waals surface area contributed by atoms with Gasteiger partial charge in [0.15, 0.2) is 9.84 Å². The van der Waals surface area contributed by atoms with E-state index < -0.39 is 9.84 Å². The minimum Gasteiger partial charge on any atom is -0.312 e. The first-order valence-electron chi connectivity index (χ1n) is 4.65. The Morgan fingerprint density at radius 2 is 2.31 bits per heavy atom. The van der Waals surface area contributed by atoms with Gasteiger partial charge in [-0.05, 0) is 12.2 Å². The van der Waals surface area contributed by atoms with Crippen molar-refractivity contribution in [3.63, 3.8) is 0 Å². The Bertz CT molecular complexity index is 239. The first-order valence-corrected chi connectivity index (χ1v) is 7.63. The lowest BCUT2D eigenvalue weighted by Gasteiger charge is -2.09. The molecule has 1 fully saturated rings. The maximum absolute atomic E-state index is 11.1. The molecule has 1 rings (SSSR count). The monoisotopic (exact) mass is 223 g/mol. The van der Waals surface area contributed by atoms with Gasteiger partial charge in [-0.2, -0.15) is 11.8 Å². The van der Waals surface area contributed by atoms with Gasteiger partial charge in [0.2, 0.25) is 0 Å². The van der Waals surface area contributed by atoms with Crippen molar-refractivity contribution in [1.82, 2.24) is 5.32 Å². The second-order valence-electron chi connectivity index (χ2n) is 3.25. The molecule has 0 radical (unpaired) electrons. The summed E-state index contributed by atoms with van der Waals surface area (Å²) in [6.45, 7) is 3.06. The third-order valence-corrected chi connectivity index (χ3v) is 4.78. The molecule has 0 spiro atoms. The van der Waals surface area contributed by atoms with Crippen LogP contribution in [0.25, 0.3) is 0 Å². The molecular weight excluding hydrogens is 206 g/mol. The molecule has 0 aliphatic carbocycles. The molecule has 13 heavy (non-hydrogen) atoms. The minimum atomic E-state index is -2.71. The molecule has 0 bridgehead atoms. The summed E-state index contributed by atoms with van der Waals surface area (Å²) in [5.74, 6) is 2.91. The third kappa shape index (κ3) is 4.33. The molecule has 0 aromatic heterocycles. The Morgan fingerprint density at radius 1 is 1.54 bits per heavy atom. The van der Waals surface area contributed by atoms with E-state index in [2.05, 4.69) is 12.2 Å². The van der Waals surface area contributed by atoms with Gasteiger partial charge in [0.25, 0.3) is 0 Å². The SMILES string of the molecule is CCSCCNC1CCS(=O)(=O)C1. The molecule has 1 N–H and O–H groups in total. The van der Waals surface area contributed by atoms with E-state index in [1.165, 1.54) is 0 Å². The smallest absolute Gasteiger partial charge is 0.151 e. The van der Waals surface area contributed by atoms with E-state index in [1.807, 2.05) is 11.8 Å². The van der Waals surface area contributed by atoms with E-state index in [-0.39, 0.29) is 6.04 Å². The van der Waals surface area contributed by atoms with Gasteiger partial charge in [-0.1, -0.05) is 6.92 Å². The lowest BCUT2D eigenvalue weighted by atomic mass is 10.3. The van der Waals surface area contributed by atoms with E-state index in [0.717, 1.165) is 24.5 Å². The molecule has 1 unspecified atom stereocenters. The highest BCUT2D eigenvalue weighted by Gasteiger charge is 2.26. The van der Waals surface area contributed by atoms with Crippen LogP contribution in [0, 0.1) is 0 Å². The highest BCUT2D eigenvalue weighted by molar-refractivity contribution is 7.99. The zero-order valence-electron chi connectivity index (χ0n) is 7.95. The average molecular weight is 223 g/mol. The van der Waals surface area contributed by atoms with Crippen molar-refractivity contribution in [2.45, 2.75) is 19.4 Å². The van der Waals surface area contributed by atoms with Crippen molar-refractivity contribution >= 4 is 21.6 Å². The van der Waals surface area contributed by atoms with Crippen LogP contribution in [0.1, 0.15) is 13.3 Å². The maximum Gasteiger partial charge on any atom is 0.151 e. The summed E-state index contributed by atoms with van der Waals surface area (Å²) < 4.78 is 22.2. The summed E-state index contributed by atoms with van der Waals surface area (Å²) in [5, 5.41) is 3.27. The van der Waals surface area contributed by atoms with Crippen LogP contribution in [0.15, 0.2) is 0 Å². The van der Waals surface area contributed by atoms with Crippen LogP contribution in [0.3, 0.4) is 0 Å². The normalized spacial score (nSPS) is 26.4. The fraction of sp³-hybridized carbons (Fsp3) is 1.00. The van der Waals surface area contributed by atoms with Crippen LogP contribution in [0.2, 0.25) is 0 Å². The summed E-state index contributed by atoms with van der Waals surface area (Å²) >= 11 is 1.88. The number of hydrogen-bond acceptors (Lipinski definition) is 4. The van der Waals surface area contributed by atoms with Gasteiger partial charge in [0.05, 0.1) is 11.5 Å². The van der Waals surface area contributed by atoms with E-state index in [1.54, 1.807) is 0 Å². The van der Waals surface area contributed by atoms with Gasteiger partial charge < -0.3 is 5.32 Å². The van der Waals surface area contributed by atoms with Crippen LogP contribution in [0.4, 0.5) is 0 Å². The van der Waals surface area contributed by atoms with E-state index in [0.29, 0.717) is 11.5 Å². The zero-order valence-corrected chi connectivity index (χ0v) is 9.59. The molecule has 0 saturated carbocycles. The Kier molecular flexibility index (Phi) is 4.55. The molecule has 3 nitrogen and oxygen atoms in total. The van der Waals surface area contributed by atoms with Crippen LogP contribution in [0.5, 0.6) is 0 Å². The minimum absolute atomic E-state index is 0.211. The van der Waals surface area contributed by atoms with Gasteiger partial charge in [0, 0.05) is 18.3 Å². The third-order valence-electron chi connectivity index (χ3n) is 2.12. The van der Waals surface area contributed by atoms with E-state index in [9.17, 15) is 8.42 Å². The number of sulfone groups is 1. The quantitative estimate of drug-likeness (QED) is 0.690. The zero-order chi connectivity index (χ0) is 9.73. The van der Waals surface area contributed by atoms with Gasteiger partial charge >= 0.3 is 0 Å². The van der Waals surface area contributed by atoms with Crippen molar-refractivity contribution in [1.29, 1.82) is 0 Å². The molecule has 1 aliphatic rings. The molecular formula is C8H17NO2S2. The second kappa shape index (κ2) is 5.22. The van der Waals surface area contributed by atoms with E-state index in [4.69, 9.17) is 0 Å². The molecule has 0 aromatic rings. The van der Waals surface area contributed by atoms with Crippen LogP contribution in [-0.2, 0) is 9.84 Å². The van der Waals surface area contributed by atoms with Crippen LogP contribution >= 0.6 is 11.8 Å². The van der Waals surface area contributed by atoms with Crippen molar-refractivity contribution in [3.8, 4) is 0 Å². The fourth-order valence-electron chi connectivity index (χ4n) is 1.44. The van der Waals surface area contributed by atoms with Crippen molar-refractivity contribution in [3.05, 3.63) is 0 Å². The molecule has 0 aromatic carbocycles. The molecule has 1 heterocycles. The van der Waals surface area contributed by atoms with Gasteiger partial charge in [-0.25, -0.2) is 8.42 Å². The van der Waals surface area contributed by atoms with Crippen molar-refractivity contribution < 1.29 is 8.42 Å². The second-order valence-corrected chi connectivity index (χ2v) is 6.87. The highest BCUT2D eigenvalue weighted by atomic mass is 32.2. The lowest BCUT2D eigenvalue weighted by Crippen LogP contribution is -2.31. The fourth-order valence-corrected chi connectivity index (χ4v) is 3.69. The number of hydrogen-bond donors (Lipinski definition) is 1. The van der Waals surface area contributed by atoms with Gasteiger partial charge in [0.1, 0.15) is 0 Å². The topological polar surface area (TPSA) is 46.2 Å². The maximum atomic E-state index is 11.1. The van der Waals surface area contributed by atoms with Gasteiger partial charge in [-0.3, -0.25) is 0 Å². The molecule has 78 valence electrons. The van der Waals surface area contributed by atoms with Crippen molar-refractivity contribution in [2.24, 2.45) is 0 Å². The summed E-state index contributed by atoms with van der Waals surface area (Å²) in [6, 6.07) is 0.211. The Labute approximate surface area is 84.6 Å². The van der Waals surface area contributed by atoms with E-state index >= 15 is 0 Å². The molecule has 0 amide bonds. The van der Waals surface area contributed by atoms with Gasteiger partial charge in [-0.15, -0.1) is 0 Å². The molecule has 1 aliphatic heterocycles. The summed E-state index contributed by atoms with van der Waals surface area (Å²) in [7, 11) is -2.71. The largest absolute Gasteiger partial charge is 0.312 e. The first kappa shape index (κ1) is 11.3. The standard InChI is InChI=1S/C8H17NO2S2/c1-2-12-5-4-9-8-3-6-13(10,11)7-8/h8-9H,2-7H2,1H3. The number of rotatable bonds is 5. The number of thioether (sulfide) groups is 1.